The number of halogens is 1. The summed E-state index contributed by atoms with van der Waals surface area (Å²) < 4.78 is 0. The Morgan fingerprint density at radius 2 is 1.93 bits per heavy atom. The molecule has 4 atom stereocenters. The maximum atomic E-state index is 14.0. The van der Waals surface area contributed by atoms with Gasteiger partial charge < -0.3 is 15.3 Å². The molecule has 1 aliphatic heterocycles. The second kappa shape index (κ2) is 5.35. The van der Waals surface area contributed by atoms with E-state index in [4.69, 9.17) is 11.6 Å². The van der Waals surface area contributed by atoms with Crippen molar-refractivity contribution in [1.82, 2.24) is 0 Å². The molecule has 1 amide bonds. The van der Waals surface area contributed by atoms with Crippen molar-refractivity contribution in [2.45, 2.75) is 31.9 Å². The monoisotopic (exact) mass is 399 g/mol. The van der Waals surface area contributed by atoms with Crippen molar-refractivity contribution >= 4 is 29.0 Å². The Hall–Kier alpha value is -1.95. The number of benzene rings is 1. The van der Waals surface area contributed by atoms with Crippen LogP contribution in [-0.4, -0.2) is 30.9 Å². The Kier molecular flexibility index (Phi) is 3.70. The standard InChI is InChI=1S/C22H24ClN2O3/c1-7-20(4)15(23)11-13-17(26)21(20,24-5)12-9-8-10-14-16(12)22(28,19(13,2)3)18(27)25(14)6/h7-11,13,28H,1H2,2-6H3/q-1/t13-,20+,21+,22-/m0/s1. The molecule has 1 aromatic carbocycles. The molecule has 1 N–H and O–H groups in total. The molecule has 0 fully saturated rings. The fourth-order valence-electron chi connectivity index (χ4n) is 5.49. The molecule has 2 aliphatic carbocycles. The van der Waals surface area contributed by atoms with Crippen molar-refractivity contribution < 1.29 is 14.7 Å². The van der Waals surface area contributed by atoms with Gasteiger partial charge >= 0.3 is 0 Å². The molecular formula is C22H24ClN2O3-. The van der Waals surface area contributed by atoms with Gasteiger partial charge in [-0.25, -0.2) is 0 Å². The lowest BCUT2D eigenvalue weighted by Gasteiger charge is -2.59. The van der Waals surface area contributed by atoms with Gasteiger partial charge in [0.1, 0.15) is 5.78 Å². The van der Waals surface area contributed by atoms with Crippen LogP contribution in [0.25, 0.3) is 5.32 Å². The average molecular weight is 400 g/mol. The average Bonchev–Trinajstić information content (AvgIpc) is 2.86. The minimum absolute atomic E-state index is 0.182. The molecule has 148 valence electrons. The first kappa shape index (κ1) is 19.4. The Balaban J connectivity index is 2.29. The van der Waals surface area contributed by atoms with Crippen LogP contribution in [0.4, 0.5) is 5.69 Å². The summed E-state index contributed by atoms with van der Waals surface area (Å²) in [5, 5.41) is 17.0. The number of hydrogen-bond acceptors (Lipinski definition) is 3. The van der Waals surface area contributed by atoms with E-state index in [0.717, 1.165) is 0 Å². The summed E-state index contributed by atoms with van der Waals surface area (Å²) >= 11 is 6.74. The molecule has 4 rings (SSSR count). The first-order chi connectivity index (χ1) is 13.0. The molecule has 0 saturated carbocycles. The van der Waals surface area contributed by atoms with Gasteiger partial charge in [-0.05, 0) is 17.2 Å². The number of allylic oxidation sites excluding steroid dienone is 1. The SMILES string of the molecule is C=C[C@]1(C)C(Cl)=C[C@H]2C(=O)[C@]1([N-]C)c1cccc3c1[C@](O)(C(=O)N3C)C2(C)C. The van der Waals surface area contributed by atoms with Gasteiger partial charge in [0.2, 0.25) is 0 Å². The number of carbonyl (C=O) groups excluding carboxylic acids is 2. The molecule has 0 spiro atoms. The first-order valence-corrected chi connectivity index (χ1v) is 9.65. The van der Waals surface area contributed by atoms with Crippen LogP contribution in [0.5, 0.6) is 0 Å². The predicted molar refractivity (Wildman–Crippen MR) is 109 cm³/mol. The van der Waals surface area contributed by atoms with Crippen molar-refractivity contribution in [1.29, 1.82) is 0 Å². The van der Waals surface area contributed by atoms with E-state index in [-0.39, 0.29) is 5.78 Å². The van der Waals surface area contributed by atoms with Crippen LogP contribution in [0.1, 0.15) is 31.9 Å². The topological polar surface area (TPSA) is 71.7 Å². The van der Waals surface area contributed by atoms with Crippen molar-refractivity contribution in [3.8, 4) is 0 Å². The fourth-order valence-corrected chi connectivity index (χ4v) is 5.83. The van der Waals surface area contributed by atoms with Crippen LogP contribution in [-0.2, 0) is 20.7 Å². The van der Waals surface area contributed by atoms with Gasteiger partial charge in [-0.15, -0.1) is 6.58 Å². The molecular weight excluding hydrogens is 376 g/mol. The zero-order chi connectivity index (χ0) is 20.9. The molecule has 0 aromatic heterocycles. The number of fused-ring (bicyclic) bond motifs is 3. The van der Waals surface area contributed by atoms with E-state index in [0.29, 0.717) is 21.8 Å². The lowest BCUT2D eigenvalue weighted by Crippen LogP contribution is -2.57. The van der Waals surface area contributed by atoms with Gasteiger partial charge in [-0.2, -0.15) is 7.05 Å². The predicted octanol–water partition coefficient (Wildman–Crippen LogP) is 3.60. The van der Waals surface area contributed by atoms with Crippen LogP contribution in [0, 0.1) is 16.7 Å². The third kappa shape index (κ3) is 1.65. The van der Waals surface area contributed by atoms with Crippen LogP contribution in [0.3, 0.4) is 0 Å². The highest BCUT2D eigenvalue weighted by atomic mass is 35.5. The first-order valence-electron chi connectivity index (χ1n) is 9.28. The summed E-state index contributed by atoms with van der Waals surface area (Å²) in [4.78, 5) is 28.8. The smallest absolute Gasteiger partial charge is 0.264 e. The van der Waals surface area contributed by atoms with Crippen molar-refractivity contribution in [2.75, 3.05) is 19.0 Å². The summed E-state index contributed by atoms with van der Waals surface area (Å²) in [6, 6.07) is 5.35. The summed E-state index contributed by atoms with van der Waals surface area (Å²) in [6.45, 7) is 9.27. The fraction of sp³-hybridized carbons (Fsp3) is 0.455. The molecule has 0 radical (unpaired) electrons. The molecule has 28 heavy (non-hydrogen) atoms. The summed E-state index contributed by atoms with van der Waals surface area (Å²) in [5.74, 6) is -1.42. The van der Waals surface area contributed by atoms with Crippen molar-refractivity contribution in [3.63, 3.8) is 0 Å². The number of amides is 1. The number of aliphatic hydroxyl groups is 1. The molecule has 1 heterocycles. The molecule has 5 nitrogen and oxygen atoms in total. The third-order valence-electron chi connectivity index (χ3n) is 7.42. The van der Waals surface area contributed by atoms with Crippen LogP contribution in [0.15, 0.2) is 42.0 Å². The van der Waals surface area contributed by atoms with E-state index >= 15 is 0 Å². The number of hydrogen-bond donors (Lipinski definition) is 1. The van der Waals surface area contributed by atoms with Gasteiger partial charge in [0.25, 0.3) is 5.91 Å². The maximum Gasteiger partial charge on any atom is 0.264 e. The van der Waals surface area contributed by atoms with Gasteiger partial charge in [-0.1, -0.05) is 56.7 Å². The highest BCUT2D eigenvalue weighted by Crippen LogP contribution is 2.67. The Morgan fingerprint density at radius 3 is 2.50 bits per heavy atom. The molecule has 0 saturated heterocycles. The van der Waals surface area contributed by atoms with Crippen molar-refractivity contribution in [3.05, 3.63) is 58.4 Å². The minimum Gasteiger partial charge on any atom is -0.648 e. The number of nitrogens with zero attached hydrogens (tertiary/aromatic N) is 2. The molecule has 6 heteroatoms. The number of likely N-dealkylation sites (N-methyl/N-ethyl adjacent to an activating group) is 2. The maximum absolute atomic E-state index is 14.0. The third-order valence-corrected chi connectivity index (χ3v) is 7.94. The minimum atomic E-state index is -1.87. The van der Waals surface area contributed by atoms with E-state index in [1.807, 2.05) is 6.92 Å². The van der Waals surface area contributed by atoms with Crippen LogP contribution in [0.2, 0.25) is 0 Å². The number of carbonyl (C=O) groups is 2. The summed E-state index contributed by atoms with van der Waals surface area (Å²) in [6.07, 6.45) is 3.31. The quantitative estimate of drug-likeness (QED) is 0.772. The van der Waals surface area contributed by atoms with Crippen LogP contribution >= 0.6 is 11.6 Å². The van der Waals surface area contributed by atoms with E-state index in [1.165, 1.54) is 4.90 Å². The second-order valence-electron chi connectivity index (χ2n) is 8.69. The molecule has 3 aliphatic rings. The number of anilines is 1. The Morgan fingerprint density at radius 1 is 1.29 bits per heavy atom. The number of ketones is 1. The number of rotatable bonds is 2. The van der Waals surface area contributed by atoms with E-state index < -0.39 is 33.8 Å². The highest BCUT2D eigenvalue weighted by molar-refractivity contribution is 6.32. The largest absolute Gasteiger partial charge is 0.648 e. The van der Waals surface area contributed by atoms with Gasteiger partial charge in [-0.3, -0.25) is 9.59 Å². The van der Waals surface area contributed by atoms with Crippen molar-refractivity contribution in [2.24, 2.45) is 16.7 Å². The molecule has 2 bridgehead atoms. The lowest BCUT2D eigenvalue weighted by atomic mass is 9.56. The molecule has 0 unspecified atom stereocenters. The van der Waals surface area contributed by atoms with E-state index in [2.05, 4.69) is 11.9 Å². The van der Waals surface area contributed by atoms with Gasteiger partial charge in [0.05, 0.1) is 5.69 Å². The van der Waals surface area contributed by atoms with Gasteiger partial charge in [0, 0.05) is 34.4 Å². The zero-order valence-electron chi connectivity index (χ0n) is 16.7. The Bertz CT molecular complexity index is 984. The molecule has 1 aromatic rings. The number of Topliss-reactive ketones (excluding diaryl/α,β-unsaturated/α-hetero) is 1. The van der Waals surface area contributed by atoms with E-state index in [1.54, 1.807) is 58.3 Å². The second-order valence-corrected chi connectivity index (χ2v) is 9.10. The zero-order valence-corrected chi connectivity index (χ0v) is 17.5. The highest BCUT2D eigenvalue weighted by Gasteiger charge is 2.69. The van der Waals surface area contributed by atoms with Crippen LogP contribution < -0.4 is 4.90 Å². The van der Waals surface area contributed by atoms with E-state index in [9.17, 15) is 14.7 Å². The normalized spacial score (nSPS) is 38.0. The lowest BCUT2D eigenvalue weighted by molar-refractivity contribution is -0.157. The summed E-state index contributed by atoms with van der Waals surface area (Å²) in [7, 11) is 3.23. The van der Waals surface area contributed by atoms with Gasteiger partial charge in [0.15, 0.2) is 5.60 Å². The summed E-state index contributed by atoms with van der Waals surface area (Å²) in [5.41, 5.74) is -3.85. The Labute approximate surface area is 170 Å².